The predicted molar refractivity (Wildman–Crippen MR) is 108 cm³/mol. The van der Waals surface area contributed by atoms with Crippen LogP contribution in [0.4, 0.5) is 10.7 Å². The normalized spacial score (nSPS) is 17.1. The van der Waals surface area contributed by atoms with E-state index in [9.17, 15) is 14.9 Å². The fraction of sp³-hybridized carbons (Fsp3) is 0.400. The van der Waals surface area contributed by atoms with Crippen LogP contribution in [-0.2, 0) is 12.8 Å². The maximum Gasteiger partial charge on any atom is 0.270 e. The van der Waals surface area contributed by atoms with Gasteiger partial charge in [0, 0.05) is 23.2 Å². The second-order valence-corrected chi connectivity index (χ2v) is 9.05. The standard InChI is InChI=1S/C20H23N3O3S/c1-20(2,3)13-7-8-15-16(10-13)27-19(17(15)18(21)24)22-11-12-5-4-6-14(9-12)23(25)26/h4-6,9,11,13H,7-8,10H2,1-3H3,(H2,21,24)/t13-/m1/s1. The summed E-state index contributed by atoms with van der Waals surface area (Å²) < 4.78 is 0. The summed E-state index contributed by atoms with van der Waals surface area (Å²) in [6.07, 6.45) is 4.34. The maximum absolute atomic E-state index is 12.1. The van der Waals surface area contributed by atoms with Crippen LogP contribution in [0.2, 0.25) is 0 Å². The van der Waals surface area contributed by atoms with Crippen molar-refractivity contribution in [1.29, 1.82) is 0 Å². The average molecular weight is 385 g/mol. The summed E-state index contributed by atoms with van der Waals surface area (Å²) in [6.45, 7) is 6.73. The minimum absolute atomic E-state index is 0.00701. The van der Waals surface area contributed by atoms with Crippen LogP contribution in [0.1, 0.15) is 53.6 Å². The van der Waals surface area contributed by atoms with E-state index in [1.807, 2.05) is 0 Å². The molecule has 6 nitrogen and oxygen atoms in total. The van der Waals surface area contributed by atoms with Crippen LogP contribution in [0.25, 0.3) is 0 Å². The number of aliphatic imine (C=N–C) groups is 1. The molecule has 1 aromatic heterocycles. The maximum atomic E-state index is 12.1. The summed E-state index contributed by atoms with van der Waals surface area (Å²) in [6, 6.07) is 6.24. The fourth-order valence-electron chi connectivity index (χ4n) is 3.51. The smallest absolute Gasteiger partial charge is 0.270 e. The molecule has 1 aliphatic rings. The van der Waals surface area contributed by atoms with Crippen LogP contribution in [0.5, 0.6) is 0 Å². The van der Waals surface area contributed by atoms with Gasteiger partial charge >= 0.3 is 0 Å². The number of nitro groups is 1. The molecule has 2 aromatic rings. The third-order valence-electron chi connectivity index (χ3n) is 5.13. The molecule has 0 radical (unpaired) electrons. The molecule has 2 N–H and O–H groups in total. The van der Waals surface area contributed by atoms with E-state index in [1.165, 1.54) is 28.3 Å². The molecule has 1 heterocycles. The molecule has 0 aliphatic heterocycles. The van der Waals surface area contributed by atoms with Crippen molar-refractivity contribution < 1.29 is 9.72 Å². The fourth-order valence-corrected chi connectivity index (χ4v) is 4.78. The molecule has 0 unspecified atom stereocenters. The van der Waals surface area contributed by atoms with Crippen molar-refractivity contribution in [3.63, 3.8) is 0 Å². The monoisotopic (exact) mass is 385 g/mol. The quantitative estimate of drug-likeness (QED) is 0.471. The van der Waals surface area contributed by atoms with Crippen LogP contribution < -0.4 is 5.73 Å². The highest BCUT2D eigenvalue weighted by molar-refractivity contribution is 7.16. The molecule has 0 saturated heterocycles. The Morgan fingerprint density at radius 2 is 2.15 bits per heavy atom. The van der Waals surface area contributed by atoms with Crippen molar-refractivity contribution in [2.24, 2.45) is 22.1 Å². The third-order valence-corrected chi connectivity index (χ3v) is 6.29. The highest BCUT2D eigenvalue weighted by Crippen LogP contribution is 2.45. The topological polar surface area (TPSA) is 98.6 Å². The molecular formula is C20H23N3O3S. The summed E-state index contributed by atoms with van der Waals surface area (Å²) in [4.78, 5) is 28.2. The largest absolute Gasteiger partial charge is 0.365 e. The van der Waals surface area contributed by atoms with Crippen molar-refractivity contribution in [1.82, 2.24) is 0 Å². The van der Waals surface area contributed by atoms with Gasteiger partial charge in [-0.15, -0.1) is 11.3 Å². The Hall–Kier alpha value is -2.54. The minimum atomic E-state index is -0.465. The molecule has 7 heteroatoms. The number of carbonyl (C=O) groups excluding carboxylic acids is 1. The summed E-state index contributed by atoms with van der Waals surface area (Å²) >= 11 is 1.51. The zero-order valence-corrected chi connectivity index (χ0v) is 16.5. The molecule has 1 aromatic carbocycles. The van der Waals surface area contributed by atoms with E-state index in [-0.39, 0.29) is 11.1 Å². The SMILES string of the molecule is CC(C)(C)[C@@H]1CCc2c(sc(N=Cc3cccc([N+](=O)[O-])c3)c2C(N)=O)C1. The Kier molecular flexibility index (Phi) is 5.15. The molecule has 0 bridgehead atoms. The lowest BCUT2D eigenvalue weighted by Gasteiger charge is -2.33. The minimum Gasteiger partial charge on any atom is -0.365 e. The van der Waals surface area contributed by atoms with Crippen molar-refractivity contribution >= 4 is 34.1 Å². The number of primary amides is 1. The number of benzene rings is 1. The van der Waals surface area contributed by atoms with Crippen molar-refractivity contribution in [3.05, 3.63) is 55.9 Å². The molecule has 142 valence electrons. The first-order chi connectivity index (χ1) is 12.7. The molecular weight excluding hydrogens is 362 g/mol. The summed E-state index contributed by atoms with van der Waals surface area (Å²) in [5, 5.41) is 11.5. The van der Waals surface area contributed by atoms with Gasteiger partial charge in [-0.1, -0.05) is 32.9 Å². The first-order valence-electron chi connectivity index (χ1n) is 8.89. The van der Waals surface area contributed by atoms with Gasteiger partial charge < -0.3 is 5.73 Å². The Morgan fingerprint density at radius 1 is 1.41 bits per heavy atom. The first kappa shape index (κ1) is 19.2. The number of rotatable bonds is 4. The molecule has 0 spiro atoms. The Bertz CT molecular complexity index is 925. The molecule has 1 atom stereocenters. The van der Waals surface area contributed by atoms with E-state index in [0.717, 1.165) is 24.8 Å². The van der Waals surface area contributed by atoms with Gasteiger partial charge in [0.1, 0.15) is 5.00 Å². The highest BCUT2D eigenvalue weighted by atomic mass is 32.1. The van der Waals surface area contributed by atoms with Crippen LogP contribution in [0, 0.1) is 21.4 Å². The lowest BCUT2D eigenvalue weighted by molar-refractivity contribution is -0.384. The summed E-state index contributed by atoms with van der Waals surface area (Å²) in [7, 11) is 0. The predicted octanol–water partition coefficient (Wildman–Crippen LogP) is 4.66. The van der Waals surface area contributed by atoms with E-state index in [2.05, 4.69) is 25.8 Å². The number of hydrogen-bond acceptors (Lipinski definition) is 5. The highest BCUT2D eigenvalue weighted by Gasteiger charge is 2.33. The molecule has 1 aliphatic carbocycles. The molecule has 0 fully saturated rings. The van der Waals surface area contributed by atoms with E-state index >= 15 is 0 Å². The van der Waals surface area contributed by atoms with Crippen LogP contribution in [0.15, 0.2) is 29.3 Å². The van der Waals surface area contributed by atoms with E-state index in [4.69, 9.17) is 5.73 Å². The third kappa shape index (κ3) is 4.08. The Labute approximate surface area is 162 Å². The van der Waals surface area contributed by atoms with Gasteiger partial charge in [-0.2, -0.15) is 0 Å². The number of nitrogens with zero attached hydrogens (tertiary/aromatic N) is 2. The van der Waals surface area contributed by atoms with Crippen LogP contribution >= 0.6 is 11.3 Å². The van der Waals surface area contributed by atoms with Gasteiger partial charge in [-0.05, 0) is 41.7 Å². The molecule has 3 rings (SSSR count). The van der Waals surface area contributed by atoms with Gasteiger partial charge in [-0.3, -0.25) is 14.9 Å². The van der Waals surface area contributed by atoms with Gasteiger partial charge in [0.05, 0.1) is 10.5 Å². The number of hydrogen-bond donors (Lipinski definition) is 1. The second kappa shape index (κ2) is 7.23. The van der Waals surface area contributed by atoms with Crippen molar-refractivity contribution in [3.8, 4) is 0 Å². The average Bonchev–Trinajstić information content (AvgIpc) is 2.97. The van der Waals surface area contributed by atoms with E-state index in [0.29, 0.717) is 22.0 Å². The van der Waals surface area contributed by atoms with Gasteiger partial charge in [0.25, 0.3) is 11.6 Å². The number of amides is 1. The van der Waals surface area contributed by atoms with Gasteiger partial charge in [0.15, 0.2) is 0 Å². The number of non-ortho nitro benzene ring substituents is 1. The lowest BCUT2D eigenvalue weighted by Crippen LogP contribution is -2.27. The van der Waals surface area contributed by atoms with Gasteiger partial charge in [-0.25, -0.2) is 4.99 Å². The zero-order valence-electron chi connectivity index (χ0n) is 15.7. The number of carbonyl (C=O) groups is 1. The number of nitrogens with two attached hydrogens (primary N) is 1. The van der Waals surface area contributed by atoms with E-state index in [1.54, 1.807) is 18.3 Å². The van der Waals surface area contributed by atoms with Crippen LogP contribution in [0.3, 0.4) is 0 Å². The Morgan fingerprint density at radius 3 is 2.78 bits per heavy atom. The number of nitro benzene ring substituents is 1. The van der Waals surface area contributed by atoms with Crippen molar-refractivity contribution in [2.45, 2.75) is 40.0 Å². The van der Waals surface area contributed by atoms with Crippen molar-refractivity contribution in [2.75, 3.05) is 0 Å². The zero-order chi connectivity index (χ0) is 19.8. The summed E-state index contributed by atoms with van der Waals surface area (Å²) in [5.74, 6) is 0.0888. The number of thiophene rings is 1. The lowest BCUT2D eigenvalue weighted by atomic mass is 9.72. The number of fused-ring (bicyclic) bond motifs is 1. The van der Waals surface area contributed by atoms with Crippen LogP contribution in [-0.4, -0.2) is 17.0 Å². The van der Waals surface area contributed by atoms with Gasteiger partial charge in [0.2, 0.25) is 0 Å². The Balaban J connectivity index is 1.95. The second-order valence-electron chi connectivity index (χ2n) is 7.96. The molecule has 27 heavy (non-hydrogen) atoms. The molecule has 1 amide bonds. The van der Waals surface area contributed by atoms with E-state index < -0.39 is 10.8 Å². The first-order valence-corrected chi connectivity index (χ1v) is 9.71. The summed E-state index contributed by atoms with van der Waals surface area (Å²) in [5.41, 5.74) is 8.00. The molecule has 0 saturated carbocycles.